The van der Waals surface area contributed by atoms with Crippen LogP contribution in [0.3, 0.4) is 0 Å². The molecular weight excluding hydrogens is 479 g/mol. The number of alkyl halides is 3. The Balaban J connectivity index is 2.20. The number of aromatic carboxylic acids is 1. The second-order valence-corrected chi connectivity index (χ2v) is 8.43. The fourth-order valence-electron chi connectivity index (χ4n) is 2.29. The van der Waals surface area contributed by atoms with Crippen molar-refractivity contribution in [3.63, 3.8) is 0 Å². The first-order valence-corrected chi connectivity index (χ1v) is 9.54. The lowest BCUT2D eigenvalue weighted by atomic mass is 10.1. The zero-order chi connectivity index (χ0) is 22.5. The largest absolute Gasteiger partial charge is 0.545 e. The average molecular weight is 491 g/mol. The van der Waals surface area contributed by atoms with Gasteiger partial charge in [-0.1, -0.05) is 65.1 Å². The maximum absolute atomic E-state index is 12.5. The SMILES string of the molecule is O=C([O-])c1ccccc1NC(=S)N[C@H](NC(=O)c1ccccc1[N+](=O)[O-])C(Cl)(Cl)Cl. The maximum atomic E-state index is 12.5. The summed E-state index contributed by atoms with van der Waals surface area (Å²) in [6, 6.07) is 11.0. The molecule has 2 aromatic carbocycles. The quantitative estimate of drug-likeness (QED) is 0.185. The number of carboxylic acids is 1. The molecule has 3 N–H and O–H groups in total. The summed E-state index contributed by atoms with van der Waals surface area (Å²) >= 11 is 22.8. The monoisotopic (exact) mass is 489 g/mol. The van der Waals surface area contributed by atoms with Crippen LogP contribution in [-0.2, 0) is 0 Å². The van der Waals surface area contributed by atoms with Crippen LogP contribution in [0.5, 0.6) is 0 Å². The molecule has 30 heavy (non-hydrogen) atoms. The fourth-order valence-corrected chi connectivity index (χ4v) is 2.85. The number of rotatable bonds is 6. The van der Waals surface area contributed by atoms with Crippen LogP contribution in [0, 0.1) is 10.1 Å². The zero-order valence-electron chi connectivity index (χ0n) is 14.7. The minimum absolute atomic E-state index is 0.100. The number of thiocarbonyl (C=S) groups is 1. The van der Waals surface area contributed by atoms with Gasteiger partial charge < -0.3 is 25.9 Å². The Morgan fingerprint density at radius 3 is 2.13 bits per heavy atom. The molecule has 0 bridgehead atoms. The van der Waals surface area contributed by atoms with Gasteiger partial charge in [0, 0.05) is 17.3 Å². The molecule has 158 valence electrons. The number of nitro benzene ring substituents is 1. The van der Waals surface area contributed by atoms with E-state index in [4.69, 9.17) is 47.0 Å². The molecule has 0 aromatic heterocycles. The lowest BCUT2D eigenvalue weighted by molar-refractivity contribution is -0.385. The summed E-state index contributed by atoms with van der Waals surface area (Å²) in [7, 11) is 0. The van der Waals surface area contributed by atoms with Crippen LogP contribution in [0.1, 0.15) is 20.7 Å². The van der Waals surface area contributed by atoms with Crippen molar-refractivity contribution in [1.29, 1.82) is 0 Å². The Kier molecular flexibility index (Phi) is 7.79. The number of anilines is 1. The minimum atomic E-state index is -2.13. The molecule has 0 saturated heterocycles. The van der Waals surface area contributed by atoms with Gasteiger partial charge in [-0.05, 0) is 24.4 Å². The first kappa shape index (κ1) is 23.6. The van der Waals surface area contributed by atoms with Crippen LogP contribution in [0.25, 0.3) is 0 Å². The van der Waals surface area contributed by atoms with Crippen LogP contribution in [-0.4, -0.2) is 31.9 Å². The summed E-state index contributed by atoms with van der Waals surface area (Å²) in [5.74, 6) is -2.34. The molecule has 0 saturated carbocycles. The second-order valence-electron chi connectivity index (χ2n) is 5.65. The molecule has 0 unspecified atom stereocenters. The van der Waals surface area contributed by atoms with E-state index in [0.717, 1.165) is 6.07 Å². The predicted molar refractivity (Wildman–Crippen MR) is 115 cm³/mol. The molecule has 1 amide bonds. The van der Waals surface area contributed by atoms with Gasteiger partial charge >= 0.3 is 0 Å². The van der Waals surface area contributed by atoms with E-state index < -0.39 is 32.4 Å². The number of para-hydroxylation sites is 2. The number of amides is 1. The van der Waals surface area contributed by atoms with E-state index in [9.17, 15) is 24.8 Å². The number of nitrogens with zero attached hydrogens (tertiary/aromatic N) is 1. The van der Waals surface area contributed by atoms with E-state index in [-0.39, 0.29) is 21.9 Å². The smallest absolute Gasteiger partial charge is 0.282 e. The number of halogens is 3. The molecule has 0 heterocycles. The summed E-state index contributed by atoms with van der Waals surface area (Å²) in [5, 5.41) is 29.6. The first-order chi connectivity index (χ1) is 14.0. The average Bonchev–Trinajstić information content (AvgIpc) is 2.66. The second kappa shape index (κ2) is 9.90. The van der Waals surface area contributed by atoms with E-state index in [1.165, 1.54) is 36.4 Å². The molecule has 0 radical (unpaired) electrons. The van der Waals surface area contributed by atoms with Crippen molar-refractivity contribution >= 4 is 75.4 Å². The summed E-state index contributed by atoms with van der Waals surface area (Å²) in [6.45, 7) is 0. The standard InChI is InChI=1S/C17H13Cl3N4O5S/c18-17(19,20)15(22-13(25)10-6-2-4-8-12(10)24(28)29)23-16(30)21-11-7-3-1-5-9(11)14(26)27/h1-8,15H,(H,22,25)(H,26,27)(H2,21,23,30)/p-1/t15-/m0/s1. The molecule has 0 fully saturated rings. The summed E-state index contributed by atoms with van der Waals surface area (Å²) in [4.78, 5) is 34.1. The van der Waals surface area contributed by atoms with Crippen LogP contribution in [0.4, 0.5) is 11.4 Å². The molecule has 0 spiro atoms. The summed E-state index contributed by atoms with van der Waals surface area (Å²) < 4.78 is -2.13. The van der Waals surface area contributed by atoms with Gasteiger partial charge in [0.25, 0.3) is 11.6 Å². The van der Waals surface area contributed by atoms with Crippen molar-refractivity contribution in [3.8, 4) is 0 Å². The van der Waals surface area contributed by atoms with E-state index in [2.05, 4.69) is 16.0 Å². The van der Waals surface area contributed by atoms with Crippen LogP contribution < -0.4 is 21.1 Å². The third kappa shape index (κ3) is 6.17. The molecule has 0 aliphatic carbocycles. The van der Waals surface area contributed by atoms with Crippen molar-refractivity contribution in [1.82, 2.24) is 10.6 Å². The highest BCUT2D eigenvalue weighted by molar-refractivity contribution is 7.80. The summed E-state index contributed by atoms with van der Waals surface area (Å²) in [5.41, 5.74) is -0.773. The Morgan fingerprint density at radius 1 is 1.00 bits per heavy atom. The van der Waals surface area contributed by atoms with Crippen LogP contribution in [0.2, 0.25) is 0 Å². The van der Waals surface area contributed by atoms with E-state index in [1.807, 2.05) is 0 Å². The molecule has 9 nitrogen and oxygen atoms in total. The van der Waals surface area contributed by atoms with Gasteiger partial charge in [-0.3, -0.25) is 14.9 Å². The number of carbonyl (C=O) groups excluding carboxylic acids is 2. The number of carbonyl (C=O) groups is 2. The third-order valence-corrected chi connectivity index (χ3v) is 4.49. The van der Waals surface area contributed by atoms with Gasteiger partial charge in [0.1, 0.15) is 11.7 Å². The van der Waals surface area contributed by atoms with Crippen molar-refractivity contribution in [2.75, 3.05) is 5.32 Å². The van der Waals surface area contributed by atoms with E-state index >= 15 is 0 Å². The molecule has 2 rings (SSSR count). The first-order valence-electron chi connectivity index (χ1n) is 7.99. The summed E-state index contributed by atoms with van der Waals surface area (Å²) in [6.07, 6.45) is -1.43. The van der Waals surface area contributed by atoms with Crippen molar-refractivity contribution < 1.29 is 19.6 Å². The molecule has 0 aliphatic heterocycles. The van der Waals surface area contributed by atoms with Crippen LogP contribution >= 0.6 is 47.0 Å². The Bertz CT molecular complexity index is 999. The predicted octanol–water partition coefficient (Wildman–Crippen LogP) is 2.37. The highest BCUT2D eigenvalue weighted by Gasteiger charge is 2.36. The normalized spacial score (nSPS) is 11.8. The highest BCUT2D eigenvalue weighted by Crippen LogP contribution is 2.30. The topological polar surface area (TPSA) is 136 Å². The zero-order valence-corrected chi connectivity index (χ0v) is 17.8. The Hall–Kier alpha value is -2.66. The molecule has 2 aromatic rings. The highest BCUT2D eigenvalue weighted by atomic mass is 35.6. The van der Waals surface area contributed by atoms with Crippen molar-refractivity contribution in [2.24, 2.45) is 0 Å². The Morgan fingerprint density at radius 2 is 1.57 bits per heavy atom. The van der Waals surface area contributed by atoms with Gasteiger partial charge in [0.05, 0.1) is 10.9 Å². The lowest BCUT2D eigenvalue weighted by Gasteiger charge is -2.28. The van der Waals surface area contributed by atoms with Gasteiger partial charge in [0.2, 0.25) is 3.79 Å². The van der Waals surface area contributed by atoms with E-state index in [1.54, 1.807) is 6.07 Å². The lowest BCUT2D eigenvalue weighted by Crippen LogP contribution is -2.56. The third-order valence-electron chi connectivity index (χ3n) is 3.62. The molecule has 1 atom stereocenters. The van der Waals surface area contributed by atoms with Gasteiger partial charge in [-0.15, -0.1) is 0 Å². The van der Waals surface area contributed by atoms with Crippen molar-refractivity contribution in [3.05, 3.63) is 69.8 Å². The molecule has 13 heteroatoms. The van der Waals surface area contributed by atoms with Gasteiger partial charge in [-0.25, -0.2) is 0 Å². The fraction of sp³-hybridized carbons (Fsp3) is 0.118. The molecule has 0 aliphatic rings. The number of hydrogen-bond donors (Lipinski definition) is 3. The van der Waals surface area contributed by atoms with Crippen LogP contribution in [0.15, 0.2) is 48.5 Å². The van der Waals surface area contributed by atoms with Gasteiger partial charge in [0.15, 0.2) is 5.11 Å². The number of nitrogens with one attached hydrogen (secondary N) is 3. The van der Waals surface area contributed by atoms with E-state index in [0.29, 0.717) is 0 Å². The maximum Gasteiger partial charge on any atom is 0.282 e. The van der Waals surface area contributed by atoms with Crippen molar-refractivity contribution in [2.45, 2.75) is 9.96 Å². The number of hydrogen-bond acceptors (Lipinski definition) is 6. The number of carboxylic acid groups (broad SMARTS) is 1. The van der Waals surface area contributed by atoms with Gasteiger partial charge in [-0.2, -0.15) is 0 Å². The Labute approximate surface area is 190 Å². The molecular formula is C17H12Cl3N4O5S-. The number of benzene rings is 2. The minimum Gasteiger partial charge on any atom is -0.545 e. The number of nitro groups is 1.